The van der Waals surface area contributed by atoms with Gasteiger partial charge in [0.2, 0.25) is 0 Å². The van der Waals surface area contributed by atoms with E-state index in [0.717, 1.165) is 23.6 Å². The van der Waals surface area contributed by atoms with E-state index in [4.69, 9.17) is 0 Å². The van der Waals surface area contributed by atoms with E-state index in [1.165, 1.54) is 12.1 Å². The van der Waals surface area contributed by atoms with E-state index in [9.17, 15) is 4.39 Å². The van der Waals surface area contributed by atoms with Gasteiger partial charge in [-0.15, -0.1) is 0 Å². The van der Waals surface area contributed by atoms with Gasteiger partial charge in [0.15, 0.2) is 0 Å². The number of pyridine rings is 1. The molecule has 0 amide bonds. The van der Waals surface area contributed by atoms with E-state index in [1.807, 2.05) is 24.1 Å². The summed E-state index contributed by atoms with van der Waals surface area (Å²) in [4.78, 5) is 6.39. The van der Waals surface area contributed by atoms with Crippen LogP contribution in [0.2, 0.25) is 0 Å². The summed E-state index contributed by atoms with van der Waals surface area (Å²) in [6, 6.07) is 10.4. The first kappa shape index (κ1) is 13.3. The number of nitrogens with one attached hydrogen (secondary N) is 1. The number of halogens is 1. The van der Waals surface area contributed by atoms with Gasteiger partial charge in [-0.2, -0.15) is 0 Å². The second-order valence-electron chi connectivity index (χ2n) is 4.40. The lowest BCUT2D eigenvalue weighted by atomic mass is 10.2. The minimum Gasteiger partial charge on any atom is -0.385 e. The van der Waals surface area contributed by atoms with Gasteiger partial charge >= 0.3 is 0 Å². The van der Waals surface area contributed by atoms with Gasteiger partial charge in [-0.05, 0) is 43.3 Å². The summed E-state index contributed by atoms with van der Waals surface area (Å²) in [5.41, 5.74) is 3.02. The summed E-state index contributed by atoms with van der Waals surface area (Å²) in [6.45, 7) is 3.63. The number of aromatic nitrogens is 1. The van der Waals surface area contributed by atoms with Crippen molar-refractivity contribution >= 4 is 11.4 Å². The maximum atomic E-state index is 12.9. The lowest BCUT2D eigenvalue weighted by Gasteiger charge is -2.19. The van der Waals surface area contributed by atoms with E-state index < -0.39 is 0 Å². The summed E-state index contributed by atoms with van der Waals surface area (Å²) >= 11 is 0. The average molecular weight is 259 g/mol. The van der Waals surface area contributed by atoms with Crippen LogP contribution in [0.3, 0.4) is 0 Å². The van der Waals surface area contributed by atoms with Crippen LogP contribution in [0.5, 0.6) is 0 Å². The summed E-state index contributed by atoms with van der Waals surface area (Å²) < 4.78 is 12.9. The molecule has 0 spiro atoms. The molecule has 1 heterocycles. The molecule has 100 valence electrons. The normalized spacial score (nSPS) is 10.3. The Bertz CT molecular complexity index is 525. The second-order valence-corrected chi connectivity index (χ2v) is 4.40. The van der Waals surface area contributed by atoms with Crippen molar-refractivity contribution in [2.75, 3.05) is 23.8 Å². The first-order chi connectivity index (χ1) is 9.19. The monoisotopic (exact) mass is 259 g/mol. The quantitative estimate of drug-likeness (QED) is 0.893. The van der Waals surface area contributed by atoms with Crippen molar-refractivity contribution < 1.29 is 4.39 Å². The third-order valence-corrected chi connectivity index (χ3v) is 2.86. The fourth-order valence-electron chi connectivity index (χ4n) is 1.91. The molecule has 4 heteroatoms. The standard InChI is InChI=1S/C15H18FN3/c1-3-17-13-8-9-18-14(10-13)11-19(2)15-6-4-12(16)5-7-15/h4-10H,3,11H2,1-2H3,(H,17,18). The molecule has 0 aliphatic carbocycles. The summed E-state index contributed by atoms with van der Waals surface area (Å²) in [6.07, 6.45) is 1.80. The minimum absolute atomic E-state index is 0.218. The molecule has 1 aromatic carbocycles. The van der Waals surface area contributed by atoms with E-state index in [0.29, 0.717) is 6.54 Å². The van der Waals surface area contributed by atoms with Crippen molar-refractivity contribution in [1.29, 1.82) is 0 Å². The van der Waals surface area contributed by atoms with Crippen LogP contribution in [-0.2, 0) is 6.54 Å². The van der Waals surface area contributed by atoms with Crippen LogP contribution in [0.15, 0.2) is 42.6 Å². The van der Waals surface area contributed by atoms with Gasteiger partial charge in [0, 0.05) is 31.2 Å². The van der Waals surface area contributed by atoms with Crippen LogP contribution in [-0.4, -0.2) is 18.6 Å². The number of nitrogens with zero attached hydrogens (tertiary/aromatic N) is 2. The molecule has 0 atom stereocenters. The molecule has 2 rings (SSSR count). The molecule has 3 nitrogen and oxygen atoms in total. The number of hydrogen-bond acceptors (Lipinski definition) is 3. The summed E-state index contributed by atoms with van der Waals surface area (Å²) in [7, 11) is 1.97. The molecule has 1 N–H and O–H groups in total. The molecule has 0 aliphatic heterocycles. The van der Waals surface area contributed by atoms with Crippen LogP contribution in [0.1, 0.15) is 12.6 Å². The third-order valence-electron chi connectivity index (χ3n) is 2.86. The van der Waals surface area contributed by atoms with Crippen molar-refractivity contribution in [3.05, 3.63) is 54.1 Å². The van der Waals surface area contributed by atoms with E-state index >= 15 is 0 Å². The van der Waals surface area contributed by atoms with Crippen molar-refractivity contribution in [3.63, 3.8) is 0 Å². The van der Waals surface area contributed by atoms with E-state index in [2.05, 4.69) is 17.2 Å². The van der Waals surface area contributed by atoms with Crippen molar-refractivity contribution in [2.24, 2.45) is 0 Å². The van der Waals surface area contributed by atoms with Crippen molar-refractivity contribution in [3.8, 4) is 0 Å². The van der Waals surface area contributed by atoms with Crippen molar-refractivity contribution in [1.82, 2.24) is 4.98 Å². The molecule has 2 aromatic rings. The average Bonchev–Trinajstić information content (AvgIpc) is 2.40. The summed E-state index contributed by atoms with van der Waals surface area (Å²) in [5, 5.41) is 3.26. The van der Waals surface area contributed by atoms with E-state index in [-0.39, 0.29) is 5.82 Å². The molecule has 0 radical (unpaired) electrons. The van der Waals surface area contributed by atoms with Gasteiger partial charge < -0.3 is 10.2 Å². The predicted molar refractivity (Wildman–Crippen MR) is 76.9 cm³/mol. The highest BCUT2D eigenvalue weighted by Gasteiger charge is 2.04. The third kappa shape index (κ3) is 3.68. The molecule has 0 bridgehead atoms. The molecule has 0 unspecified atom stereocenters. The van der Waals surface area contributed by atoms with Gasteiger partial charge in [-0.1, -0.05) is 0 Å². The van der Waals surface area contributed by atoms with Gasteiger partial charge in [0.1, 0.15) is 5.82 Å². The van der Waals surface area contributed by atoms with Gasteiger partial charge in [-0.25, -0.2) is 4.39 Å². The maximum absolute atomic E-state index is 12.9. The topological polar surface area (TPSA) is 28.2 Å². The first-order valence-electron chi connectivity index (χ1n) is 6.34. The Morgan fingerprint density at radius 3 is 2.63 bits per heavy atom. The highest BCUT2D eigenvalue weighted by Crippen LogP contribution is 2.16. The molecular weight excluding hydrogens is 241 g/mol. The Labute approximate surface area is 113 Å². The van der Waals surface area contributed by atoms with Gasteiger partial charge in [-0.3, -0.25) is 4.98 Å². The van der Waals surface area contributed by atoms with Crippen LogP contribution >= 0.6 is 0 Å². The van der Waals surface area contributed by atoms with Crippen LogP contribution in [0.4, 0.5) is 15.8 Å². The van der Waals surface area contributed by atoms with E-state index in [1.54, 1.807) is 18.3 Å². The highest BCUT2D eigenvalue weighted by atomic mass is 19.1. The molecular formula is C15H18FN3. The number of anilines is 2. The molecule has 0 fully saturated rings. The van der Waals surface area contributed by atoms with Gasteiger partial charge in [0.25, 0.3) is 0 Å². The maximum Gasteiger partial charge on any atom is 0.123 e. The number of hydrogen-bond donors (Lipinski definition) is 1. The Balaban J connectivity index is 2.07. The zero-order valence-corrected chi connectivity index (χ0v) is 11.2. The summed E-state index contributed by atoms with van der Waals surface area (Å²) in [5.74, 6) is -0.218. The molecule has 19 heavy (non-hydrogen) atoms. The minimum atomic E-state index is -0.218. The Morgan fingerprint density at radius 2 is 1.95 bits per heavy atom. The number of rotatable bonds is 5. The highest BCUT2D eigenvalue weighted by molar-refractivity contribution is 5.47. The van der Waals surface area contributed by atoms with Crippen molar-refractivity contribution in [2.45, 2.75) is 13.5 Å². The molecule has 1 aromatic heterocycles. The zero-order valence-electron chi connectivity index (χ0n) is 11.2. The largest absolute Gasteiger partial charge is 0.385 e. The lowest BCUT2D eigenvalue weighted by Crippen LogP contribution is -2.17. The second kappa shape index (κ2) is 6.18. The predicted octanol–water partition coefficient (Wildman–Crippen LogP) is 3.29. The number of benzene rings is 1. The van der Waals surface area contributed by atoms with Gasteiger partial charge in [0.05, 0.1) is 12.2 Å². The Morgan fingerprint density at radius 1 is 1.21 bits per heavy atom. The fraction of sp³-hybridized carbons (Fsp3) is 0.267. The van der Waals surface area contributed by atoms with Crippen LogP contribution in [0, 0.1) is 5.82 Å². The van der Waals surface area contributed by atoms with Crippen LogP contribution < -0.4 is 10.2 Å². The zero-order chi connectivity index (χ0) is 13.7. The Hall–Kier alpha value is -2.10. The van der Waals surface area contributed by atoms with Crippen LogP contribution in [0.25, 0.3) is 0 Å². The first-order valence-corrected chi connectivity index (χ1v) is 6.34. The molecule has 0 saturated carbocycles. The fourth-order valence-corrected chi connectivity index (χ4v) is 1.91. The SMILES string of the molecule is CCNc1ccnc(CN(C)c2ccc(F)cc2)c1. The molecule has 0 saturated heterocycles. The molecule has 0 aliphatic rings. The smallest absolute Gasteiger partial charge is 0.123 e. The Kier molecular flexibility index (Phi) is 4.34. The lowest BCUT2D eigenvalue weighted by molar-refractivity contribution is 0.627.